The zero-order chi connectivity index (χ0) is 28.3. The van der Waals surface area contributed by atoms with Crippen LogP contribution in [0.4, 0.5) is 17.1 Å². The molecular formula is C40H25NO2. The summed E-state index contributed by atoms with van der Waals surface area (Å²) in [6.45, 7) is 0. The van der Waals surface area contributed by atoms with Crippen LogP contribution in [0.15, 0.2) is 160 Å². The van der Waals surface area contributed by atoms with Gasteiger partial charge in [0.2, 0.25) is 0 Å². The van der Waals surface area contributed by atoms with Crippen LogP contribution in [0.25, 0.3) is 65.8 Å². The largest absolute Gasteiger partial charge is 0.456 e. The van der Waals surface area contributed by atoms with Crippen molar-refractivity contribution in [2.75, 3.05) is 4.90 Å². The van der Waals surface area contributed by atoms with Gasteiger partial charge in [0, 0.05) is 32.9 Å². The number of para-hydroxylation sites is 2. The van der Waals surface area contributed by atoms with Gasteiger partial charge in [-0.05, 0) is 70.4 Å². The second-order valence-electron chi connectivity index (χ2n) is 10.9. The lowest BCUT2D eigenvalue weighted by atomic mass is 9.99. The summed E-state index contributed by atoms with van der Waals surface area (Å²) < 4.78 is 13.0. The number of anilines is 3. The normalized spacial score (nSPS) is 11.7. The number of rotatable bonds is 4. The summed E-state index contributed by atoms with van der Waals surface area (Å²) in [4.78, 5) is 2.29. The van der Waals surface area contributed by atoms with E-state index in [4.69, 9.17) is 8.83 Å². The van der Waals surface area contributed by atoms with Crippen LogP contribution < -0.4 is 4.90 Å². The number of hydrogen-bond acceptors (Lipinski definition) is 3. The SMILES string of the molecule is c1ccc(-c2cccc3oc4ccc(N(c5ccccc5)c5cccc6c5oc5ccc7ccccc7c56)cc4c23)cc1. The van der Waals surface area contributed by atoms with Gasteiger partial charge < -0.3 is 13.7 Å². The first-order chi connectivity index (χ1) is 21.3. The van der Waals surface area contributed by atoms with Crippen molar-refractivity contribution in [2.24, 2.45) is 0 Å². The lowest BCUT2D eigenvalue weighted by Gasteiger charge is -2.25. The standard InChI is InChI=1S/C40H25NO2/c1-3-11-26(12-4-1)31-17-10-20-36-39(31)33-25-29(22-24-35(33)42-36)41(28-14-5-2-6-15-28)34-19-9-18-32-38-30-16-8-7-13-27(30)21-23-37(38)43-40(32)34/h1-25H. The molecule has 43 heavy (non-hydrogen) atoms. The fourth-order valence-electron chi connectivity index (χ4n) is 6.55. The van der Waals surface area contributed by atoms with Gasteiger partial charge in [-0.2, -0.15) is 0 Å². The van der Waals surface area contributed by atoms with Gasteiger partial charge in [0.1, 0.15) is 16.7 Å². The van der Waals surface area contributed by atoms with Crippen molar-refractivity contribution in [1.82, 2.24) is 0 Å². The third-order valence-electron chi connectivity index (χ3n) is 8.44. The van der Waals surface area contributed by atoms with Gasteiger partial charge in [-0.3, -0.25) is 0 Å². The van der Waals surface area contributed by atoms with E-state index in [2.05, 4.69) is 157 Å². The molecule has 202 valence electrons. The highest BCUT2D eigenvalue weighted by atomic mass is 16.3. The smallest absolute Gasteiger partial charge is 0.159 e. The molecule has 9 rings (SSSR count). The van der Waals surface area contributed by atoms with Crippen LogP contribution in [-0.2, 0) is 0 Å². The quantitative estimate of drug-likeness (QED) is 0.218. The zero-order valence-corrected chi connectivity index (χ0v) is 23.2. The van der Waals surface area contributed by atoms with Crippen molar-refractivity contribution in [1.29, 1.82) is 0 Å². The molecule has 9 aromatic rings. The van der Waals surface area contributed by atoms with Crippen molar-refractivity contribution in [3.8, 4) is 11.1 Å². The third-order valence-corrected chi connectivity index (χ3v) is 8.44. The van der Waals surface area contributed by atoms with Crippen LogP contribution in [-0.4, -0.2) is 0 Å². The highest BCUT2D eigenvalue weighted by molar-refractivity contribution is 6.21. The molecule has 0 spiro atoms. The molecule has 0 N–H and O–H groups in total. The average Bonchev–Trinajstić information content (AvgIpc) is 3.65. The predicted molar refractivity (Wildman–Crippen MR) is 179 cm³/mol. The van der Waals surface area contributed by atoms with Crippen molar-refractivity contribution in [2.45, 2.75) is 0 Å². The molecule has 0 unspecified atom stereocenters. The average molecular weight is 552 g/mol. The lowest BCUT2D eigenvalue weighted by Crippen LogP contribution is -2.10. The minimum Gasteiger partial charge on any atom is -0.456 e. The first kappa shape index (κ1) is 23.9. The summed E-state index contributed by atoms with van der Waals surface area (Å²) >= 11 is 0. The summed E-state index contributed by atoms with van der Waals surface area (Å²) in [5.74, 6) is 0. The molecule has 0 fully saturated rings. The van der Waals surface area contributed by atoms with Gasteiger partial charge in [0.05, 0.1) is 5.69 Å². The minimum atomic E-state index is 0.861. The first-order valence-corrected chi connectivity index (χ1v) is 14.5. The van der Waals surface area contributed by atoms with E-state index in [1.807, 2.05) is 0 Å². The Morgan fingerprint density at radius 3 is 2.02 bits per heavy atom. The molecule has 0 aliphatic carbocycles. The summed E-state index contributed by atoms with van der Waals surface area (Å²) in [6, 6.07) is 52.9. The van der Waals surface area contributed by atoms with E-state index < -0.39 is 0 Å². The molecule has 7 aromatic carbocycles. The molecule has 0 radical (unpaired) electrons. The van der Waals surface area contributed by atoms with Gasteiger partial charge in [-0.15, -0.1) is 0 Å². The van der Waals surface area contributed by atoms with E-state index in [1.54, 1.807) is 0 Å². The summed E-state index contributed by atoms with van der Waals surface area (Å²) in [5, 5.41) is 6.84. The molecule has 0 aliphatic rings. The number of nitrogens with zero attached hydrogens (tertiary/aromatic N) is 1. The molecule has 0 saturated carbocycles. The monoisotopic (exact) mass is 551 g/mol. The molecule has 0 saturated heterocycles. The Bertz CT molecular complexity index is 2450. The number of furan rings is 2. The fraction of sp³-hybridized carbons (Fsp3) is 0. The van der Waals surface area contributed by atoms with Crippen molar-refractivity contribution in [3.05, 3.63) is 152 Å². The van der Waals surface area contributed by atoms with Gasteiger partial charge in [-0.25, -0.2) is 0 Å². The second kappa shape index (κ2) is 9.37. The van der Waals surface area contributed by atoms with Gasteiger partial charge in [0.25, 0.3) is 0 Å². The Balaban J connectivity index is 1.32. The molecule has 2 aromatic heterocycles. The Kier molecular flexibility index (Phi) is 5.20. The van der Waals surface area contributed by atoms with Crippen LogP contribution >= 0.6 is 0 Å². The highest BCUT2D eigenvalue weighted by Crippen LogP contribution is 2.45. The molecular weight excluding hydrogens is 526 g/mol. The first-order valence-electron chi connectivity index (χ1n) is 14.5. The Labute approximate surface area is 247 Å². The van der Waals surface area contributed by atoms with Crippen LogP contribution in [0.5, 0.6) is 0 Å². The van der Waals surface area contributed by atoms with Crippen molar-refractivity contribution < 1.29 is 8.83 Å². The Hall–Kier alpha value is -5.80. The molecule has 0 aliphatic heterocycles. The van der Waals surface area contributed by atoms with E-state index in [0.717, 1.165) is 66.5 Å². The van der Waals surface area contributed by atoms with Gasteiger partial charge in [0.15, 0.2) is 5.58 Å². The maximum atomic E-state index is 6.68. The predicted octanol–water partition coefficient (Wildman–Crippen LogP) is 11.8. The Morgan fingerprint density at radius 1 is 0.419 bits per heavy atom. The molecule has 0 atom stereocenters. The molecule has 3 heteroatoms. The summed E-state index contributed by atoms with van der Waals surface area (Å²) in [5.41, 5.74) is 8.89. The van der Waals surface area contributed by atoms with Crippen molar-refractivity contribution >= 4 is 71.7 Å². The minimum absolute atomic E-state index is 0.861. The molecule has 0 amide bonds. The maximum Gasteiger partial charge on any atom is 0.159 e. The third kappa shape index (κ3) is 3.68. The maximum absolute atomic E-state index is 6.68. The van der Waals surface area contributed by atoms with Gasteiger partial charge in [-0.1, -0.05) is 103 Å². The van der Waals surface area contributed by atoms with E-state index >= 15 is 0 Å². The van der Waals surface area contributed by atoms with E-state index in [9.17, 15) is 0 Å². The van der Waals surface area contributed by atoms with Crippen LogP contribution in [0.3, 0.4) is 0 Å². The van der Waals surface area contributed by atoms with Gasteiger partial charge >= 0.3 is 0 Å². The van der Waals surface area contributed by atoms with E-state index in [0.29, 0.717) is 0 Å². The van der Waals surface area contributed by atoms with Crippen LogP contribution in [0.2, 0.25) is 0 Å². The van der Waals surface area contributed by atoms with Crippen LogP contribution in [0, 0.1) is 0 Å². The highest BCUT2D eigenvalue weighted by Gasteiger charge is 2.21. The van der Waals surface area contributed by atoms with Crippen molar-refractivity contribution in [3.63, 3.8) is 0 Å². The summed E-state index contributed by atoms with van der Waals surface area (Å²) in [7, 11) is 0. The molecule has 3 nitrogen and oxygen atoms in total. The second-order valence-corrected chi connectivity index (χ2v) is 10.9. The summed E-state index contributed by atoms with van der Waals surface area (Å²) in [6.07, 6.45) is 0. The van der Waals surface area contributed by atoms with E-state index in [-0.39, 0.29) is 0 Å². The molecule has 2 heterocycles. The fourth-order valence-corrected chi connectivity index (χ4v) is 6.55. The number of fused-ring (bicyclic) bond motifs is 8. The van der Waals surface area contributed by atoms with Crippen LogP contribution in [0.1, 0.15) is 0 Å². The number of hydrogen-bond donors (Lipinski definition) is 0. The number of benzene rings is 7. The van der Waals surface area contributed by atoms with E-state index in [1.165, 1.54) is 16.3 Å². The Morgan fingerprint density at radius 2 is 1.14 bits per heavy atom. The topological polar surface area (TPSA) is 29.5 Å². The lowest BCUT2D eigenvalue weighted by molar-refractivity contribution is 0.669. The molecule has 0 bridgehead atoms. The zero-order valence-electron chi connectivity index (χ0n) is 23.2.